The predicted octanol–water partition coefficient (Wildman–Crippen LogP) is 3.82. The number of benzene rings is 2. The van der Waals surface area contributed by atoms with Gasteiger partial charge in [0.05, 0.1) is 11.1 Å². The smallest absolute Gasteiger partial charge is 0.352 e. The molecule has 3 aromatic rings. The number of nitrogens with one attached hydrogen (secondary N) is 1. The standard InChI is InChI=1S/C24H22ClF3N6O2/c25-19-6-5-16(13-15(19)14-29)30-22(35)20-7-8-21(32-31-20)33-9-11-34(12-10-33)23(36)17-3-1-2-4-18(17)24(26,27)28/h1-8,13H,9-12,14,29H2,(H,30,35). The fourth-order valence-corrected chi connectivity index (χ4v) is 4.04. The van der Waals surface area contributed by atoms with Crippen LogP contribution in [0, 0.1) is 0 Å². The zero-order chi connectivity index (χ0) is 25.9. The van der Waals surface area contributed by atoms with Gasteiger partial charge in [-0.25, -0.2) is 0 Å². The lowest BCUT2D eigenvalue weighted by atomic mass is 10.1. The van der Waals surface area contributed by atoms with Crippen molar-refractivity contribution in [2.24, 2.45) is 5.73 Å². The van der Waals surface area contributed by atoms with Crippen molar-refractivity contribution in [3.63, 3.8) is 0 Å². The summed E-state index contributed by atoms with van der Waals surface area (Å²) in [4.78, 5) is 28.5. The number of piperazine rings is 1. The van der Waals surface area contributed by atoms with Gasteiger partial charge in [0, 0.05) is 43.4 Å². The van der Waals surface area contributed by atoms with Crippen molar-refractivity contribution in [2.45, 2.75) is 12.7 Å². The van der Waals surface area contributed by atoms with E-state index in [1.54, 1.807) is 24.3 Å². The summed E-state index contributed by atoms with van der Waals surface area (Å²) in [5.41, 5.74) is 5.62. The van der Waals surface area contributed by atoms with E-state index in [0.717, 1.165) is 6.07 Å². The number of nitrogens with zero attached hydrogens (tertiary/aromatic N) is 4. The molecule has 1 fully saturated rings. The fourth-order valence-electron chi connectivity index (χ4n) is 3.84. The van der Waals surface area contributed by atoms with Crippen LogP contribution < -0.4 is 16.0 Å². The summed E-state index contributed by atoms with van der Waals surface area (Å²) in [6.45, 7) is 1.37. The lowest BCUT2D eigenvalue weighted by Gasteiger charge is -2.35. The number of aromatic nitrogens is 2. The molecule has 1 aromatic heterocycles. The second-order valence-corrected chi connectivity index (χ2v) is 8.47. The second-order valence-electron chi connectivity index (χ2n) is 8.06. The number of anilines is 2. The van der Waals surface area contributed by atoms with Gasteiger partial charge >= 0.3 is 6.18 Å². The van der Waals surface area contributed by atoms with E-state index < -0.39 is 23.6 Å². The molecule has 1 aliphatic heterocycles. The monoisotopic (exact) mass is 518 g/mol. The van der Waals surface area contributed by atoms with E-state index >= 15 is 0 Å². The van der Waals surface area contributed by atoms with Gasteiger partial charge in [-0.05, 0) is 48.0 Å². The number of rotatable bonds is 5. The van der Waals surface area contributed by atoms with Gasteiger partial charge in [-0.15, -0.1) is 10.2 Å². The molecule has 0 atom stereocenters. The van der Waals surface area contributed by atoms with Gasteiger partial charge in [0.15, 0.2) is 11.5 Å². The number of hydrogen-bond donors (Lipinski definition) is 2. The molecule has 2 aromatic carbocycles. The molecule has 0 spiro atoms. The highest BCUT2D eigenvalue weighted by atomic mass is 35.5. The molecule has 0 bridgehead atoms. The number of hydrogen-bond acceptors (Lipinski definition) is 6. The molecule has 36 heavy (non-hydrogen) atoms. The van der Waals surface area contributed by atoms with Crippen molar-refractivity contribution < 1.29 is 22.8 Å². The van der Waals surface area contributed by atoms with Crippen LogP contribution in [0.2, 0.25) is 5.02 Å². The van der Waals surface area contributed by atoms with Crippen molar-refractivity contribution in [3.05, 3.63) is 82.0 Å². The third kappa shape index (κ3) is 5.58. The summed E-state index contributed by atoms with van der Waals surface area (Å²) < 4.78 is 39.9. The van der Waals surface area contributed by atoms with Gasteiger partial charge in [-0.3, -0.25) is 9.59 Å². The molecular formula is C24H22ClF3N6O2. The van der Waals surface area contributed by atoms with Crippen LogP contribution in [0.3, 0.4) is 0 Å². The second kappa shape index (κ2) is 10.5. The van der Waals surface area contributed by atoms with E-state index in [1.807, 2.05) is 4.90 Å². The van der Waals surface area contributed by atoms with Crippen LogP contribution in [0.5, 0.6) is 0 Å². The van der Waals surface area contributed by atoms with Gasteiger partial charge in [0.2, 0.25) is 0 Å². The van der Waals surface area contributed by atoms with Crippen LogP contribution in [-0.4, -0.2) is 53.1 Å². The topological polar surface area (TPSA) is 104 Å². The lowest BCUT2D eigenvalue weighted by Crippen LogP contribution is -2.49. The highest BCUT2D eigenvalue weighted by Gasteiger charge is 2.36. The first kappa shape index (κ1) is 25.4. The zero-order valence-electron chi connectivity index (χ0n) is 18.9. The highest BCUT2D eigenvalue weighted by molar-refractivity contribution is 6.31. The number of carbonyl (C=O) groups is 2. The van der Waals surface area contributed by atoms with E-state index in [4.69, 9.17) is 17.3 Å². The largest absolute Gasteiger partial charge is 0.417 e. The third-order valence-corrected chi connectivity index (χ3v) is 6.13. The summed E-state index contributed by atoms with van der Waals surface area (Å²) in [7, 11) is 0. The minimum Gasteiger partial charge on any atom is -0.352 e. The van der Waals surface area contributed by atoms with Gasteiger partial charge in [0.25, 0.3) is 11.8 Å². The summed E-state index contributed by atoms with van der Waals surface area (Å²) in [5, 5.41) is 11.3. The number of nitrogens with two attached hydrogens (primary N) is 1. The fraction of sp³-hybridized carbons (Fsp3) is 0.250. The highest BCUT2D eigenvalue weighted by Crippen LogP contribution is 2.32. The SMILES string of the molecule is NCc1cc(NC(=O)c2ccc(N3CCN(C(=O)c4ccccc4C(F)(F)F)CC3)nn2)ccc1Cl. The third-order valence-electron chi connectivity index (χ3n) is 5.76. The maximum absolute atomic E-state index is 13.3. The molecule has 12 heteroatoms. The van der Waals surface area contributed by atoms with E-state index in [1.165, 1.54) is 29.2 Å². The first-order valence-electron chi connectivity index (χ1n) is 11.0. The number of halogens is 4. The number of alkyl halides is 3. The molecule has 1 aliphatic rings. The minimum absolute atomic E-state index is 0.0977. The molecular weight excluding hydrogens is 497 g/mol. The van der Waals surface area contributed by atoms with Crippen LogP contribution in [0.4, 0.5) is 24.7 Å². The van der Waals surface area contributed by atoms with Crippen molar-refractivity contribution in [2.75, 3.05) is 36.4 Å². The molecule has 2 amide bonds. The normalized spacial score (nSPS) is 14.0. The van der Waals surface area contributed by atoms with Crippen LogP contribution in [0.25, 0.3) is 0 Å². The van der Waals surface area contributed by atoms with Crippen molar-refractivity contribution in [1.29, 1.82) is 0 Å². The Morgan fingerprint density at radius 3 is 2.36 bits per heavy atom. The minimum atomic E-state index is -4.61. The van der Waals surface area contributed by atoms with E-state index in [0.29, 0.717) is 35.2 Å². The number of carbonyl (C=O) groups excluding carboxylic acids is 2. The lowest BCUT2D eigenvalue weighted by molar-refractivity contribution is -0.138. The summed E-state index contributed by atoms with van der Waals surface area (Å²) >= 11 is 6.04. The van der Waals surface area contributed by atoms with Crippen LogP contribution in [-0.2, 0) is 12.7 Å². The molecule has 2 heterocycles. The molecule has 4 rings (SSSR count). The molecule has 0 unspecified atom stereocenters. The van der Waals surface area contributed by atoms with E-state index in [-0.39, 0.29) is 30.9 Å². The Labute approximate surface area is 209 Å². The van der Waals surface area contributed by atoms with Crippen molar-refractivity contribution >= 4 is 34.9 Å². The van der Waals surface area contributed by atoms with Crippen LogP contribution in [0.15, 0.2) is 54.6 Å². The van der Waals surface area contributed by atoms with Gasteiger partial charge in [-0.2, -0.15) is 13.2 Å². The zero-order valence-corrected chi connectivity index (χ0v) is 19.7. The molecule has 188 valence electrons. The Kier molecular flexibility index (Phi) is 7.41. The van der Waals surface area contributed by atoms with E-state index in [2.05, 4.69) is 15.5 Å². The Bertz CT molecular complexity index is 1260. The predicted molar refractivity (Wildman–Crippen MR) is 129 cm³/mol. The summed E-state index contributed by atoms with van der Waals surface area (Å²) in [6.07, 6.45) is -4.61. The first-order chi connectivity index (χ1) is 17.2. The van der Waals surface area contributed by atoms with Gasteiger partial charge in [0.1, 0.15) is 0 Å². The Morgan fingerprint density at radius 1 is 1.00 bits per heavy atom. The summed E-state index contributed by atoms with van der Waals surface area (Å²) in [6, 6.07) is 12.9. The van der Waals surface area contributed by atoms with E-state index in [9.17, 15) is 22.8 Å². The molecule has 1 saturated heterocycles. The average molecular weight is 519 g/mol. The first-order valence-corrected chi connectivity index (χ1v) is 11.4. The number of amides is 2. The Balaban J connectivity index is 1.37. The van der Waals surface area contributed by atoms with Crippen LogP contribution in [0.1, 0.15) is 32.0 Å². The molecule has 3 N–H and O–H groups in total. The van der Waals surface area contributed by atoms with Crippen molar-refractivity contribution in [3.8, 4) is 0 Å². The quantitative estimate of drug-likeness (QED) is 0.532. The Morgan fingerprint density at radius 2 is 1.72 bits per heavy atom. The van der Waals surface area contributed by atoms with Crippen LogP contribution >= 0.6 is 11.6 Å². The molecule has 0 radical (unpaired) electrons. The molecule has 8 nitrogen and oxygen atoms in total. The van der Waals surface area contributed by atoms with Gasteiger partial charge < -0.3 is 20.9 Å². The molecule has 0 saturated carbocycles. The van der Waals surface area contributed by atoms with Gasteiger partial charge in [-0.1, -0.05) is 23.7 Å². The maximum Gasteiger partial charge on any atom is 0.417 e. The van der Waals surface area contributed by atoms with Crippen molar-refractivity contribution in [1.82, 2.24) is 15.1 Å². The Hall–Kier alpha value is -3.70. The molecule has 0 aliphatic carbocycles. The summed E-state index contributed by atoms with van der Waals surface area (Å²) in [5.74, 6) is -0.634. The average Bonchev–Trinajstić information content (AvgIpc) is 2.89. The maximum atomic E-state index is 13.3.